The van der Waals surface area contributed by atoms with Crippen LogP contribution in [0, 0.1) is 20.8 Å². The summed E-state index contributed by atoms with van der Waals surface area (Å²) >= 11 is 8.25. The van der Waals surface area contributed by atoms with Gasteiger partial charge in [-0.05, 0) is 91.6 Å². The van der Waals surface area contributed by atoms with E-state index in [2.05, 4.69) is 28.7 Å². The predicted octanol–water partition coefficient (Wildman–Crippen LogP) is 6.24. The first-order valence-corrected chi connectivity index (χ1v) is 11.7. The summed E-state index contributed by atoms with van der Waals surface area (Å²) in [5, 5.41) is 10.1. The van der Waals surface area contributed by atoms with Crippen molar-refractivity contribution in [1.29, 1.82) is 5.26 Å². The zero-order valence-corrected chi connectivity index (χ0v) is 20.8. The van der Waals surface area contributed by atoms with Crippen LogP contribution in [0.25, 0.3) is 0 Å². The number of hydrogen-bond acceptors (Lipinski definition) is 4. The van der Waals surface area contributed by atoms with E-state index in [-0.39, 0.29) is 17.9 Å². The van der Waals surface area contributed by atoms with Gasteiger partial charge in [0.15, 0.2) is 0 Å². The lowest BCUT2D eigenvalue weighted by Crippen LogP contribution is -2.46. The molecule has 0 spiro atoms. The van der Waals surface area contributed by atoms with Gasteiger partial charge in [0.2, 0.25) is 0 Å². The second-order valence-electron chi connectivity index (χ2n) is 8.70. The summed E-state index contributed by atoms with van der Waals surface area (Å²) in [5.41, 5.74) is 1.14. The fourth-order valence-electron chi connectivity index (χ4n) is 3.75. The van der Waals surface area contributed by atoms with Crippen LogP contribution in [0.15, 0.2) is 42.5 Å². The molecule has 1 heterocycles. The highest BCUT2D eigenvalue weighted by atomic mass is 127. The Morgan fingerprint density at radius 2 is 1.97 bits per heavy atom. The normalized spacial score (nSPS) is 18.9. The van der Waals surface area contributed by atoms with Crippen LogP contribution in [-0.4, -0.2) is 36.3 Å². The van der Waals surface area contributed by atoms with Gasteiger partial charge in [-0.25, -0.2) is 4.79 Å². The first-order chi connectivity index (χ1) is 14.7. The quantitative estimate of drug-likeness (QED) is 0.422. The molecule has 0 N–H and O–H groups in total. The molecular formula is C24H26ClIN2O3. The lowest BCUT2D eigenvalue weighted by atomic mass is 9.81. The van der Waals surface area contributed by atoms with Crippen LogP contribution >= 0.6 is 34.2 Å². The third kappa shape index (κ3) is 6.50. The number of piperidine rings is 1. The number of nitriles is 1. The maximum Gasteiger partial charge on any atom is 0.410 e. The van der Waals surface area contributed by atoms with Gasteiger partial charge in [-0.1, -0.05) is 23.7 Å². The number of likely N-dealkylation sites (tertiary alicyclic amines) is 1. The number of nitrogens with zero attached hydrogens (tertiary/aromatic N) is 2. The van der Waals surface area contributed by atoms with Gasteiger partial charge in [0, 0.05) is 27.6 Å². The lowest BCUT2D eigenvalue weighted by molar-refractivity contribution is 0.0111. The first-order valence-electron chi connectivity index (χ1n) is 10.2. The Morgan fingerprint density at radius 1 is 1.26 bits per heavy atom. The largest absolute Gasteiger partial charge is 0.492 e. The Kier molecular flexibility index (Phi) is 7.71. The molecule has 0 unspecified atom stereocenters. The third-order valence-electron chi connectivity index (χ3n) is 5.20. The molecule has 0 aliphatic carbocycles. The van der Waals surface area contributed by atoms with Crippen molar-refractivity contribution in [1.82, 2.24) is 4.90 Å². The van der Waals surface area contributed by atoms with E-state index in [1.54, 1.807) is 11.0 Å². The summed E-state index contributed by atoms with van der Waals surface area (Å²) in [4.78, 5) is 14.4. The molecule has 2 aromatic rings. The molecule has 1 aliphatic rings. The van der Waals surface area contributed by atoms with Crippen LogP contribution in [0.5, 0.6) is 5.75 Å². The van der Waals surface area contributed by atoms with Crippen molar-refractivity contribution in [2.75, 3.05) is 19.7 Å². The SMILES string of the molecule is CC(C)(C)OC(=O)N1CC[C@@H](c2ccc(Cl)cc2)[C@H](COc2ccc(I)cc2C#N)C1. The Labute approximate surface area is 202 Å². The smallest absolute Gasteiger partial charge is 0.410 e. The first kappa shape index (κ1) is 23.7. The molecule has 31 heavy (non-hydrogen) atoms. The molecule has 0 bridgehead atoms. The van der Waals surface area contributed by atoms with Crippen molar-refractivity contribution >= 4 is 40.3 Å². The van der Waals surface area contributed by atoms with Crippen molar-refractivity contribution in [2.24, 2.45) is 5.92 Å². The minimum Gasteiger partial charge on any atom is -0.492 e. The molecule has 3 rings (SSSR count). The van der Waals surface area contributed by atoms with E-state index >= 15 is 0 Å². The second-order valence-corrected chi connectivity index (χ2v) is 10.4. The number of halogens is 2. The summed E-state index contributed by atoms with van der Waals surface area (Å²) in [6.45, 7) is 7.13. The molecule has 2 aromatic carbocycles. The number of carbonyl (C=O) groups is 1. The van der Waals surface area contributed by atoms with Crippen LogP contribution in [0.4, 0.5) is 4.79 Å². The summed E-state index contributed by atoms with van der Waals surface area (Å²) in [6, 6.07) is 15.6. The Hall–Kier alpha value is -1.98. The molecule has 1 fully saturated rings. The highest BCUT2D eigenvalue weighted by molar-refractivity contribution is 14.1. The highest BCUT2D eigenvalue weighted by Crippen LogP contribution is 2.35. The van der Waals surface area contributed by atoms with Crippen LogP contribution in [0.3, 0.4) is 0 Å². The van der Waals surface area contributed by atoms with Gasteiger partial charge in [0.1, 0.15) is 17.4 Å². The molecule has 0 aromatic heterocycles. The Bertz CT molecular complexity index is 966. The van der Waals surface area contributed by atoms with Crippen LogP contribution in [0.2, 0.25) is 5.02 Å². The van der Waals surface area contributed by atoms with E-state index in [1.165, 1.54) is 5.56 Å². The van der Waals surface area contributed by atoms with Gasteiger partial charge >= 0.3 is 6.09 Å². The van der Waals surface area contributed by atoms with Crippen molar-refractivity contribution in [3.63, 3.8) is 0 Å². The summed E-state index contributed by atoms with van der Waals surface area (Å²) in [7, 11) is 0. The third-order valence-corrected chi connectivity index (χ3v) is 6.12. The number of amides is 1. The van der Waals surface area contributed by atoms with Crippen molar-refractivity contribution < 1.29 is 14.3 Å². The maximum atomic E-state index is 12.7. The fraction of sp³-hybridized carbons (Fsp3) is 0.417. The van der Waals surface area contributed by atoms with E-state index < -0.39 is 5.60 Å². The van der Waals surface area contributed by atoms with E-state index in [9.17, 15) is 10.1 Å². The molecular weight excluding hydrogens is 527 g/mol. The van der Waals surface area contributed by atoms with Gasteiger partial charge < -0.3 is 14.4 Å². The average molecular weight is 553 g/mol. The van der Waals surface area contributed by atoms with E-state index in [1.807, 2.05) is 57.2 Å². The van der Waals surface area contributed by atoms with Crippen LogP contribution in [0.1, 0.15) is 44.2 Å². The summed E-state index contributed by atoms with van der Waals surface area (Å²) in [5.74, 6) is 0.825. The standard InChI is InChI=1S/C24H26ClIN2O3/c1-24(2,3)31-23(29)28-11-10-21(16-4-6-19(25)7-5-16)18(14-28)15-30-22-9-8-20(26)12-17(22)13-27/h4-9,12,18,21H,10-11,14-15H2,1-3H3/t18-,21-/m0/s1. The van der Waals surface area contributed by atoms with E-state index in [0.29, 0.717) is 36.0 Å². The average Bonchev–Trinajstić information content (AvgIpc) is 2.72. The van der Waals surface area contributed by atoms with Gasteiger partial charge in [-0.3, -0.25) is 0 Å². The number of benzene rings is 2. The fourth-order valence-corrected chi connectivity index (χ4v) is 4.37. The number of rotatable bonds is 4. The topological polar surface area (TPSA) is 62.6 Å². The van der Waals surface area contributed by atoms with Crippen LogP contribution in [-0.2, 0) is 4.74 Å². The minimum atomic E-state index is -0.543. The molecule has 1 aliphatic heterocycles. The van der Waals surface area contributed by atoms with Gasteiger partial charge in [0.05, 0.1) is 12.2 Å². The van der Waals surface area contributed by atoms with E-state index in [4.69, 9.17) is 21.1 Å². The molecule has 2 atom stereocenters. The van der Waals surface area contributed by atoms with Crippen LogP contribution < -0.4 is 4.74 Å². The number of carbonyl (C=O) groups excluding carboxylic acids is 1. The van der Waals surface area contributed by atoms with Gasteiger partial charge in [-0.2, -0.15) is 5.26 Å². The zero-order valence-electron chi connectivity index (χ0n) is 17.9. The highest BCUT2D eigenvalue weighted by Gasteiger charge is 2.35. The van der Waals surface area contributed by atoms with E-state index in [0.717, 1.165) is 9.99 Å². The molecule has 164 valence electrons. The molecule has 0 radical (unpaired) electrons. The monoisotopic (exact) mass is 552 g/mol. The number of ether oxygens (including phenoxy) is 2. The molecule has 0 saturated carbocycles. The molecule has 1 saturated heterocycles. The van der Waals surface area contributed by atoms with Gasteiger partial charge in [0.25, 0.3) is 0 Å². The Balaban J connectivity index is 1.80. The minimum absolute atomic E-state index is 0.0493. The van der Waals surface area contributed by atoms with Crippen molar-refractivity contribution in [3.8, 4) is 11.8 Å². The van der Waals surface area contributed by atoms with Crippen molar-refractivity contribution in [3.05, 3.63) is 62.2 Å². The maximum absolute atomic E-state index is 12.7. The zero-order chi connectivity index (χ0) is 22.6. The lowest BCUT2D eigenvalue weighted by Gasteiger charge is -2.39. The predicted molar refractivity (Wildman–Crippen MR) is 129 cm³/mol. The Morgan fingerprint density at radius 3 is 2.61 bits per heavy atom. The molecule has 1 amide bonds. The van der Waals surface area contributed by atoms with Gasteiger partial charge in [-0.15, -0.1) is 0 Å². The molecule has 7 heteroatoms. The summed E-state index contributed by atoms with van der Waals surface area (Å²) < 4.78 is 12.7. The molecule has 5 nitrogen and oxygen atoms in total. The second kappa shape index (κ2) is 10.1. The summed E-state index contributed by atoms with van der Waals surface area (Å²) in [6.07, 6.45) is 0.492. The number of hydrogen-bond donors (Lipinski definition) is 0. The van der Waals surface area contributed by atoms with Crippen molar-refractivity contribution in [2.45, 2.75) is 38.7 Å².